The minimum Gasteiger partial charge on any atom is -0.508 e. The molecule has 0 saturated carbocycles. The molecule has 0 amide bonds. The Bertz CT molecular complexity index is 942. The SMILES string of the molecule is Cc1nn(Cc2cc(O)n[nH]2)c(C)c1Oc1ccc(O)c2c1CCC2. The van der Waals surface area contributed by atoms with Crippen molar-refractivity contribution in [2.24, 2.45) is 0 Å². The highest BCUT2D eigenvalue weighted by Gasteiger charge is 2.22. The summed E-state index contributed by atoms with van der Waals surface area (Å²) in [6, 6.07) is 5.09. The first-order valence-electron chi connectivity index (χ1n) is 8.31. The highest BCUT2D eigenvalue weighted by Crippen LogP contribution is 2.39. The molecule has 3 aromatic rings. The summed E-state index contributed by atoms with van der Waals surface area (Å²) >= 11 is 0. The number of phenolic OH excluding ortho intramolecular Hbond substituents is 1. The van der Waals surface area contributed by atoms with E-state index in [0.717, 1.165) is 59.0 Å². The number of rotatable bonds is 4. The van der Waals surface area contributed by atoms with Crippen LogP contribution in [-0.2, 0) is 19.4 Å². The van der Waals surface area contributed by atoms with Crippen LogP contribution in [0.3, 0.4) is 0 Å². The highest BCUT2D eigenvalue weighted by atomic mass is 16.5. The number of nitrogens with one attached hydrogen (secondary N) is 1. The minimum atomic E-state index is -0.0346. The van der Waals surface area contributed by atoms with Gasteiger partial charge < -0.3 is 14.9 Å². The number of fused-ring (bicyclic) bond motifs is 1. The first-order valence-corrected chi connectivity index (χ1v) is 8.31. The van der Waals surface area contributed by atoms with Gasteiger partial charge in [0, 0.05) is 17.2 Å². The first kappa shape index (κ1) is 15.6. The first-order chi connectivity index (χ1) is 12.0. The maximum atomic E-state index is 10.00. The summed E-state index contributed by atoms with van der Waals surface area (Å²) in [6.45, 7) is 4.33. The lowest BCUT2D eigenvalue weighted by molar-refractivity contribution is 0.452. The lowest BCUT2D eigenvalue weighted by atomic mass is 10.1. The summed E-state index contributed by atoms with van der Waals surface area (Å²) in [5.74, 6) is 1.83. The Morgan fingerprint density at radius 1 is 1.20 bits per heavy atom. The molecule has 2 heterocycles. The van der Waals surface area contributed by atoms with Gasteiger partial charge >= 0.3 is 0 Å². The standard InChI is InChI=1S/C18H20N4O3/c1-10-18(11(2)22(21-10)9-12-8-17(24)20-19-12)25-16-7-6-15(23)13-4-3-5-14(13)16/h6-8,23H,3-5,9H2,1-2H3,(H2,19,20,24). The zero-order chi connectivity index (χ0) is 17.6. The van der Waals surface area contributed by atoms with Crippen molar-refractivity contribution >= 4 is 0 Å². The molecule has 130 valence electrons. The zero-order valence-electron chi connectivity index (χ0n) is 14.2. The van der Waals surface area contributed by atoms with E-state index in [-0.39, 0.29) is 5.88 Å². The smallest absolute Gasteiger partial charge is 0.230 e. The molecule has 0 fully saturated rings. The molecule has 25 heavy (non-hydrogen) atoms. The second-order valence-corrected chi connectivity index (χ2v) is 6.40. The molecule has 0 bridgehead atoms. The van der Waals surface area contributed by atoms with Gasteiger partial charge in [-0.2, -0.15) is 5.10 Å². The van der Waals surface area contributed by atoms with E-state index in [4.69, 9.17) is 4.74 Å². The quantitative estimate of drug-likeness (QED) is 0.678. The van der Waals surface area contributed by atoms with Crippen LogP contribution in [0, 0.1) is 13.8 Å². The molecule has 0 spiro atoms. The molecule has 4 rings (SSSR count). The fourth-order valence-corrected chi connectivity index (χ4v) is 3.43. The van der Waals surface area contributed by atoms with Crippen molar-refractivity contribution in [2.45, 2.75) is 39.7 Å². The van der Waals surface area contributed by atoms with Crippen LogP contribution in [0.25, 0.3) is 0 Å². The molecule has 3 N–H and O–H groups in total. The van der Waals surface area contributed by atoms with E-state index in [1.54, 1.807) is 12.1 Å². The number of ether oxygens (including phenoxy) is 1. The summed E-state index contributed by atoms with van der Waals surface area (Å²) < 4.78 is 8.01. The average molecular weight is 340 g/mol. The third-order valence-electron chi connectivity index (χ3n) is 4.68. The van der Waals surface area contributed by atoms with Gasteiger partial charge in [-0.25, -0.2) is 0 Å². The minimum absolute atomic E-state index is 0.0346. The molecule has 0 aliphatic heterocycles. The molecule has 1 aliphatic carbocycles. The van der Waals surface area contributed by atoms with Gasteiger partial charge in [0.15, 0.2) is 5.75 Å². The van der Waals surface area contributed by atoms with Crippen LogP contribution in [0.15, 0.2) is 18.2 Å². The van der Waals surface area contributed by atoms with E-state index in [1.165, 1.54) is 0 Å². The van der Waals surface area contributed by atoms with Gasteiger partial charge in [-0.15, -0.1) is 5.10 Å². The molecule has 0 atom stereocenters. The second kappa shape index (κ2) is 5.84. The summed E-state index contributed by atoms with van der Waals surface area (Å²) in [7, 11) is 0. The van der Waals surface area contributed by atoms with Gasteiger partial charge in [0.25, 0.3) is 0 Å². The summed E-state index contributed by atoms with van der Waals surface area (Å²) in [5, 5.41) is 30.4. The molecule has 0 unspecified atom stereocenters. The number of phenols is 1. The van der Waals surface area contributed by atoms with Crippen LogP contribution >= 0.6 is 0 Å². The molecule has 2 aromatic heterocycles. The Hall–Kier alpha value is -2.96. The lowest BCUT2D eigenvalue weighted by Crippen LogP contribution is -2.04. The Labute approximate surface area is 144 Å². The molecule has 0 radical (unpaired) electrons. The Morgan fingerprint density at radius 2 is 2.00 bits per heavy atom. The zero-order valence-corrected chi connectivity index (χ0v) is 14.2. The van der Waals surface area contributed by atoms with Crippen LogP contribution in [0.2, 0.25) is 0 Å². The molecule has 7 nitrogen and oxygen atoms in total. The van der Waals surface area contributed by atoms with Crippen LogP contribution in [0.5, 0.6) is 23.1 Å². The van der Waals surface area contributed by atoms with E-state index in [0.29, 0.717) is 12.3 Å². The van der Waals surface area contributed by atoms with Crippen LogP contribution in [-0.4, -0.2) is 30.2 Å². The van der Waals surface area contributed by atoms with Gasteiger partial charge in [-0.1, -0.05) is 0 Å². The van der Waals surface area contributed by atoms with Gasteiger partial charge in [0.05, 0.1) is 17.9 Å². The van der Waals surface area contributed by atoms with Crippen LogP contribution < -0.4 is 4.74 Å². The molecule has 1 aliphatic rings. The third kappa shape index (κ3) is 2.71. The Morgan fingerprint density at radius 3 is 2.76 bits per heavy atom. The van der Waals surface area contributed by atoms with Gasteiger partial charge in [-0.05, 0) is 45.2 Å². The Balaban J connectivity index is 1.65. The number of aromatic nitrogens is 4. The monoisotopic (exact) mass is 340 g/mol. The number of hydrogen-bond donors (Lipinski definition) is 3. The van der Waals surface area contributed by atoms with Crippen LogP contribution in [0.4, 0.5) is 0 Å². The summed E-state index contributed by atoms with van der Waals surface area (Å²) in [6.07, 6.45) is 2.83. The van der Waals surface area contributed by atoms with E-state index in [1.807, 2.05) is 24.6 Å². The topological polar surface area (TPSA) is 96.2 Å². The van der Waals surface area contributed by atoms with Crippen molar-refractivity contribution in [3.05, 3.63) is 46.4 Å². The van der Waals surface area contributed by atoms with Crippen molar-refractivity contribution in [1.82, 2.24) is 20.0 Å². The number of hydrogen-bond acceptors (Lipinski definition) is 5. The second-order valence-electron chi connectivity index (χ2n) is 6.40. The lowest BCUT2D eigenvalue weighted by Gasteiger charge is -2.12. The molecular formula is C18H20N4O3. The van der Waals surface area contributed by atoms with Crippen molar-refractivity contribution in [3.63, 3.8) is 0 Å². The number of aryl methyl sites for hydroxylation is 1. The van der Waals surface area contributed by atoms with Crippen molar-refractivity contribution in [3.8, 4) is 23.1 Å². The molecule has 0 saturated heterocycles. The summed E-state index contributed by atoms with van der Waals surface area (Å²) in [5.41, 5.74) is 4.53. The van der Waals surface area contributed by atoms with Gasteiger partial charge in [-0.3, -0.25) is 9.78 Å². The Kier molecular flexibility index (Phi) is 3.63. The number of benzene rings is 1. The third-order valence-corrected chi connectivity index (χ3v) is 4.68. The van der Waals surface area contributed by atoms with Gasteiger partial charge in [0.1, 0.15) is 17.2 Å². The van der Waals surface area contributed by atoms with E-state index in [2.05, 4.69) is 15.3 Å². The van der Waals surface area contributed by atoms with Crippen molar-refractivity contribution in [2.75, 3.05) is 0 Å². The predicted octanol–water partition coefficient (Wildman–Crippen LogP) is 2.96. The molecule has 7 heteroatoms. The fraction of sp³-hybridized carbons (Fsp3) is 0.333. The maximum Gasteiger partial charge on any atom is 0.230 e. The number of aromatic amines is 1. The molecule has 1 aromatic carbocycles. The normalized spacial score (nSPS) is 13.2. The fourth-order valence-electron chi connectivity index (χ4n) is 3.43. The van der Waals surface area contributed by atoms with E-state index >= 15 is 0 Å². The van der Waals surface area contributed by atoms with Crippen molar-refractivity contribution < 1.29 is 14.9 Å². The predicted molar refractivity (Wildman–Crippen MR) is 91.3 cm³/mol. The van der Waals surface area contributed by atoms with E-state index in [9.17, 15) is 10.2 Å². The van der Waals surface area contributed by atoms with Crippen LogP contribution in [0.1, 0.15) is 34.6 Å². The van der Waals surface area contributed by atoms with Crippen molar-refractivity contribution in [1.29, 1.82) is 0 Å². The van der Waals surface area contributed by atoms with E-state index < -0.39 is 0 Å². The average Bonchev–Trinajstić information content (AvgIpc) is 3.27. The maximum absolute atomic E-state index is 10.00. The van der Waals surface area contributed by atoms with Gasteiger partial charge in [0.2, 0.25) is 5.88 Å². The number of nitrogens with zero attached hydrogens (tertiary/aromatic N) is 3. The molecular weight excluding hydrogens is 320 g/mol. The highest BCUT2D eigenvalue weighted by molar-refractivity contribution is 5.52. The largest absolute Gasteiger partial charge is 0.508 e. The summed E-state index contributed by atoms with van der Waals surface area (Å²) in [4.78, 5) is 0. The number of H-pyrrole nitrogens is 1. The number of aromatic hydroxyl groups is 2.